The number of hydrogen-bond donors (Lipinski definition) is 2. The van der Waals surface area contributed by atoms with Crippen molar-refractivity contribution in [3.05, 3.63) is 52.2 Å². The highest BCUT2D eigenvalue weighted by Crippen LogP contribution is 2.15. The van der Waals surface area contributed by atoms with Crippen molar-refractivity contribution in [2.75, 3.05) is 52.5 Å². The zero-order valence-electron chi connectivity index (χ0n) is 18.8. The lowest BCUT2D eigenvalue weighted by atomic mass is 10.0. The molecule has 9 heteroatoms. The maximum Gasteiger partial charge on any atom is 0.317 e. The monoisotopic (exact) mass is 472 g/mol. The second-order valence-electron chi connectivity index (χ2n) is 8.36. The fourth-order valence-electron chi connectivity index (χ4n) is 4.04. The minimum Gasteiger partial charge on any atom is -0.492 e. The van der Waals surface area contributed by atoms with Gasteiger partial charge in [-0.05, 0) is 42.0 Å². The second kappa shape index (κ2) is 12.0. The van der Waals surface area contributed by atoms with Gasteiger partial charge in [-0.25, -0.2) is 4.79 Å². The smallest absolute Gasteiger partial charge is 0.317 e. The Kier molecular flexibility index (Phi) is 8.57. The van der Waals surface area contributed by atoms with Gasteiger partial charge in [0.2, 0.25) is 0 Å². The quantitative estimate of drug-likeness (QED) is 0.617. The van der Waals surface area contributed by atoms with E-state index in [9.17, 15) is 9.59 Å². The Morgan fingerprint density at radius 2 is 1.94 bits per heavy atom. The summed E-state index contributed by atoms with van der Waals surface area (Å²) in [5.74, 6) is 0.781. The molecule has 0 spiro atoms. The zero-order valence-corrected chi connectivity index (χ0v) is 19.6. The van der Waals surface area contributed by atoms with Crippen LogP contribution in [0.3, 0.4) is 0 Å². The topological polar surface area (TPSA) is 83.1 Å². The van der Waals surface area contributed by atoms with E-state index in [0.717, 1.165) is 57.0 Å². The maximum atomic E-state index is 12.6. The van der Waals surface area contributed by atoms with Gasteiger partial charge in [0.15, 0.2) is 0 Å². The van der Waals surface area contributed by atoms with Gasteiger partial charge in [-0.1, -0.05) is 12.1 Å². The number of benzene rings is 1. The Bertz CT molecular complexity index is 894. The van der Waals surface area contributed by atoms with Crippen LogP contribution < -0.4 is 15.4 Å². The molecule has 178 valence electrons. The van der Waals surface area contributed by atoms with E-state index < -0.39 is 0 Å². The molecule has 3 amide bonds. The molecular formula is C24H32N4O4S. The fourth-order valence-corrected chi connectivity index (χ4v) is 4.68. The summed E-state index contributed by atoms with van der Waals surface area (Å²) in [6.45, 7) is 6.71. The van der Waals surface area contributed by atoms with Crippen LogP contribution in [0.4, 0.5) is 4.79 Å². The number of nitrogens with one attached hydrogen (secondary N) is 2. The van der Waals surface area contributed by atoms with E-state index >= 15 is 0 Å². The van der Waals surface area contributed by atoms with Crippen molar-refractivity contribution in [3.63, 3.8) is 0 Å². The highest BCUT2D eigenvalue weighted by Gasteiger charge is 2.24. The lowest BCUT2D eigenvalue weighted by Crippen LogP contribution is -2.49. The Hall–Kier alpha value is -2.62. The third-order valence-electron chi connectivity index (χ3n) is 6.02. The summed E-state index contributed by atoms with van der Waals surface area (Å²) >= 11 is 1.51. The van der Waals surface area contributed by atoms with Crippen molar-refractivity contribution in [2.24, 2.45) is 0 Å². The maximum absolute atomic E-state index is 12.6. The summed E-state index contributed by atoms with van der Waals surface area (Å²) in [6, 6.07) is 9.72. The SMILES string of the molecule is O=C(NC1CCN(C(=O)NCc2cccc(OCCN3CCOCC3)c2)CC1)c1ccsc1. The molecule has 0 radical (unpaired) electrons. The number of thiophene rings is 1. The largest absolute Gasteiger partial charge is 0.492 e. The average Bonchev–Trinajstić information content (AvgIpc) is 3.39. The number of morpholine rings is 1. The molecule has 2 fully saturated rings. The van der Waals surface area contributed by atoms with Crippen LogP contribution in [0.15, 0.2) is 41.1 Å². The molecule has 1 aromatic heterocycles. The lowest BCUT2D eigenvalue weighted by Gasteiger charge is -2.32. The van der Waals surface area contributed by atoms with Crippen LogP contribution in [0.2, 0.25) is 0 Å². The van der Waals surface area contributed by atoms with E-state index in [4.69, 9.17) is 9.47 Å². The van der Waals surface area contributed by atoms with E-state index in [-0.39, 0.29) is 18.0 Å². The third-order valence-corrected chi connectivity index (χ3v) is 6.71. The minimum absolute atomic E-state index is 0.0359. The molecule has 3 heterocycles. The van der Waals surface area contributed by atoms with Gasteiger partial charge in [-0.15, -0.1) is 0 Å². The van der Waals surface area contributed by atoms with E-state index in [2.05, 4.69) is 15.5 Å². The van der Waals surface area contributed by atoms with Gasteiger partial charge in [0.25, 0.3) is 5.91 Å². The number of carbonyl (C=O) groups excluding carboxylic acids is 2. The first-order valence-electron chi connectivity index (χ1n) is 11.5. The number of piperidine rings is 1. The predicted octanol–water partition coefficient (Wildman–Crippen LogP) is 2.56. The summed E-state index contributed by atoms with van der Waals surface area (Å²) in [6.07, 6.45) is 1.52. The van der Waals surface area contributed by atoms with Crippen LogP contribution >= 0.6 is 11.3 Å². The normalized spacial score (nSPS) is 17.5. The number of nitrogens with zero attached hydrogens (tertiary/aromatic N) is 2. The van der Waals surface area contributed by atoms with Gasteiger partial charge >= 0.3 is 6.03 Å². The van der Waals surface area contributed by atoms with Crippen molar-refractivity contribution < 1.29 is 19.1 Å². The van der Waals surface area contributed by atoms with Crippen molar-refractivity contribution in [1.29, 1.82) is 0 Å². The van der Waals surface area contributed by atoms with Crippen LogP contribution in [0, 0.1) is 0 Å². The molecular weight excluding hydrogens is 440 g/mol. The van der Waals surface area contributed by atoms with Gasteiger partial charge in [-0.2, -0.15) is 11.3 Å². The molecule has 1 aromatic carbocycles. The first-order valence-corrected chi connectivity index (χ1v) is 12.5. The van der Waals surface area contributed by atoms with Gasteiger partial charge in [-0.3, -0.25) is 9.69 Å². The van der Waals surface area contributed by atoms with Crippen molar-refractivity contribution in [1.82, 2.24) is 20.4 Å². The van der Waals surface area contributed by atoms with Gasteiger partial charge in [0.1, 0.15) is 12.4 Å². The van der Waals surface area contributed by atoms with Crippen LogP contribution in [0.25, 0.3) is 0 Å². The molecule has 0 atom stereocenters. The molecule has 2 saturated heterocycles. The molecule has 33 heavy (non-hydrogen) atoms. The molecule has 4 rings (SSSR count). The van der Waals surface area contributed by atoms with E-state index in [1.54, 1.807) is 0 Å². The van der Waals surface area contributed by atoms with Crippen LogP contribution in [0.1, 0.15) is 28.8 Å². The zero-order chi connectivity index (χ0) is 22.9. The summed E-state index contributed by atoms with van der Waals surface area (Å²) in [4.78, 5) is 29.0. The highest BCUT2D eigenvalue weighted by atomic mass is 32.1. The summed E-state index contributed by atoms with van der Waals surface area (Å²) in [7, 11) is 0. The molecule has 0 saturated carbocycles. The number of ether oxygens (including phenoxy) is 2. The van der Waals surface area contributed by atoms with Crippen LogP contribution in [-0.4, -0.2) is 80.3 Å². The molecule has 0 aliphatic carbocycles. The van der Waals surface area contributed by atoms with Crippen molar-refractivity contribution in [3.8, 4) is 5.75 Å². The first kappa shape index (κ1) is 23.5. The number of carbonyl (C=O) groups is 2. The number of amides is 3. The highest BCUT2D eigenvalue weighted by molar-refractivity contribution is 7.08. The average molecular weight is 473 g/mol. The first-order chi connectivity index (χ1) is 16.2. The Labute approximate surface area is 198 Å². The lowest BCUT2D eigenvalue weighted by molar-refractivity contribution is 0.0322. The second-order valence-corrected chi connectivity index (χ2v) is 9.14. The van der Waals surface area contributed by atoms with Gasteiger partial charge in [0.05, 0.1) is 13.2 Å². The molecule has 0 bridgehead atoms. The third kappa shape index (κ3) is 7.18. The van der Waals surface area contributed by atoms with Gasteiger partial charge in [0, 0.05) is 56.3 Å². The predicted molar refractivity (Wildman–Crippen MR) is 128 cm³/mol. The van der Waals surface area contributed by atoms with E-state index in [1.807, 2.05) is 46.0 Å². The van der Waals surface area contributed by atoms with E-state index in [0.29, 0.717) is 31.8 Å². The molecule has 2 N–H and O–H groups in total. The number of rotatable bonds is 8. The number of hydrogen-bond acceptors (Lipinski definition) is 6. The van der Waals surface area contributed by atoms with Gasteiger partial charge < -0.3 is 25.0 Å². The van der Waals surface area contributed by atoms with Crippen LogP contribution in [-0.2, 0) is 11.3 Å². The summed E-state index contributed by atoms with van der Waals surface area (Å²) < 4.78 is 11.3. The molecule has 0 unspecified atom stereocenters. The standard InChI is InChI=1S/C24H32N4O4S/c29-23(20-6-15-33-18-20)26-21-4-7-28(8-5-21)24(30)25-17-19-2-1-3-22(16-19)32-14-11-27-9-12-31-13-10-27/h1-3,6,15-16,18,21H,4-5,7-14,17H2,(H,25,30)(H,26,29). The van der Waals surface area contributed by atoms with Crippen LogP contribution in [0.5, 0.6) is 5.75 Å². The molecule has 2 aromatic rings. The Morgan fingerprint density at radius 3 is 2.70 bits per heavy atom. The molecule has 8 nitrogen and oxygen atoms in total. The molecule has 2 aliphatic rings. The molecule has 2 aliphatic heterocycles. The number of likely N-dealkylation sites (tertiary alicyclic amines) is 1. The summed E-state index contributed by atoms with van der Waals surface area (Å²) in [5, 5.41) is 9.82. The summed E-state index contributed by atoms with van der Waals surface area (Å²) in [5.41, 5.74) is 1.71. The Balaban J connectivity index is 1.15. The minimum atomic E-state index is -0.0729. The Morgan fingerprint density at radius 1 is 1.12 bits per heavy atom. The van der Waals surface area contributed by atoms with Crippen molar-refractivity contribution in [2.45, 2.75) is 25.4 Å². The fraction of sp³-hybridized carbons (Fsp3) is 0.500. The van der Waals surface area contributed by atoms with Crippen molar-refractivity contribution >= 4 is 23.3 Å². The van der Waals surface area contributed by atoms with E-state index in [1.165, 1.54) is 11.3 Å². The number of urea groups is 1.